The number of benzene rings is 2. The number of methoxy groups -OCH3 is 2. The molecule has 0 unspecified atom stereocenters. The summed E-state index contributed by atoms with van der Waals surface area (Å²) >= 11 is 6.05. The number of anilines is 1. The van der Waals surface area contributed by atoms with Gasteiger partial charge in [-0.05, 0) is 36.8 Å². The van der Waals surface area contributed by atoms with Gasteiger partial charge >= 0.3 is 0 Å². The zero-order valence-corrected chi connectivity index (χ0v) is 15.4. The Morgan fingerprint density at radius 2 is 1.84 bits per heavy atom. The highest BCUT2D eigenvalue weighted by Crippen LogP contribution is 2.31. The Labute approximate surface area is 152 Å². The first-order chi connectivity index (χ1) is 12.1. The van der Waals surface area contributed by atoms with Crippen LogP contribution in [0.15, 0.2) is 36.4 Å². The Hall–Kier alpha value is -2.40. The number of rotatable bonds is 8. The smallest absolute Gasteiger partial charge is 0.259 e. The molecule has 0 heterocycles. The van der Waals surface area contributed by atoms with Crippen LogP contribution in [-0.4, -0.2) is 26.7 Å². The maximum absolute atomic E-state index is 12.7. The van der Waals surface area contributed by atoms with E-state index in [1.165, 1.54) is 7.11 Å². The van der Waals surface area contributed by atoms with E-state index in [2.05, 4.69) is 12.2 Å². The molecule has 134 valence electrons. The van der Waals surface area contributed by atoms with E-state index < -0.39 is 0 Å². The van der Waals surface area contributed by atoms with Crippen LogP contribution in [0.3, 0.4) is 0 Å². The van der Waals surface area contributed by atoms with Crippen LogP contribution in [-0.2, 0) is 0 Å². The first kappa shape index (κ1) is 18.9. The molecule has 1 amide bonds. The van der Waals surface area contributed by atoms with Crippen LogP contribution in [0.25, 0.3) is 0 Å². The van der Waals surface area contributed by atoms with Crippen LogP contribution < -0.4 is 19.5 Å². The van der Waals surface area contributed by atoms with Gasteiger partial charge in [-0.1, -0.05) is 24.9 Å². The Morgan fingerprint density at radius 3 is 2.52 bits per heavy atom. The zero-order chi connectivity index (χ0) is 18.2. The monoisotopic (exact) mass is 363 g/mol. The van der Waals surface area contributed by atoms with Crippen molar-refractivity contribution in [3.05, 3.63) is 47.0 Å². The van der Waals surface area contributed by atoms with Gasteiger partial charge in [0.25, 0.3) is 5.91 Å². The molecular formula is C19H22ClNO4. The largest absolute Gasteiger partial charge is 0.497 e. The van der Waals surface area contributed by atoms with Gasteiger partial charge in [-0.2, -0.15) is 0 Å². The van der Waals surface area contributed by atoms with Crippen molar-refractivity contribution in [2.45, 2.75) is 19.8 Å². The molecule has 0 atom stereocenters. The summed E-state index contributed by atoms with van der Waals surface area (Å²) in [6, 6.07) is 10.2. The Bertz CT molecular complexity index is 733. The van der Waals surface area contributed by atoms with Gasteiger partial charge < -0.3 is 19.5 Å². The number of unbranched alkanes of at least 4 members (excludes halogenated alkanes) is 1. The lowest BCUT2D eigenvalue weighted by molar-refractivity contribution is 0.102. The third-order valence-corrected chi connectivity index (χ3v) is 3.83. The van der Waals surface area contributed by atoms with Crippen LogP contribution in [0.4, 0.5) is 5.69 Å². The highest BCUT2D eigenvalue weighted by Gasteiger charge is 2.16. The Morgan fingerprint density at radius 1 is 1.08 bits per heavy atom. The number of hydrogen-bond donors (Lipinski definition) is 1. The van der Waals surface area contributed by atoms with E-state index in [1.807, 2.05) is 0 Å². The summed E-state index contributed by atoms with van der Waals surface area (Å²) in [5.74, 6) is 1.31. The average molecular weight is 364 g/mol. The molecule has 2 rings (SSSR count). The van der Waals surface area contributed by atoms with Crippen molar-refractivity contribution in [1.29, 1.82) is 0 Å². The number of hydrogen-bond acceptors (Lipinski definition) is 4. The second-order valence-corrected chi connectivity index (χ2v) is 5.80. The molecule has 5 nitrogen and oxygen atoms in total. The highest BCUT2D eigenvalue weighted by atomic mass is 35.5. The lowest BCUT2D eigenvalue weighted by Crippen LogP contribution is -2.15. The number of nitrogens with one attached hydrogen (secondary N) is 1. The molecule has 0 fully saturated rings. The van der Waals surface area contributed by atoms with Gasteiger partial charge in [0.15, 0.2) is 0 Å². The molecule has 0 aliphatic rings. The van der Waals surface area contributed by atoms with E-state index in [0.717, 1.165) is 12.8 Å². The van der Waals surface area contributed by atoms with E-state index in [0.29, 0.717) is 40.1 Å². The van der Waals surface area contributed by atoms with Crippen molar-refractivity contribution in [1.82, 2.24) is 0 Å². The van der Waals surface area contributed by atoms with Gasteiger partial charge in [-0.3, -0.25) is 4.79 Å². The second kappa shape index (κ2) is 9.18. The fourth-order valence-electron chi connectivity index (χ4n) is 2.23. The van der Waals surface area contributed by atoms with Crippen molar-refractivity contribution in [3.63, 3.8) is 0 Å². The lowest BCUT2D eigenvalue weighted by atomic mass is 10.1. The van der Waals surface area contributed by atoms with Crippen LogP contribution in [0.5, 0.6) is 17.2 Å². The van der Waals surface area contributed by atoms with Crippen LogP contribution in [0, 0.1) is 0 Å². The standard InChI is InChI=1S/C19H22ClNO4/c1-4-5-10-25-17-8-6-13(20)11-15(17)19(22)21-16-12-14(23-2)7-9-18(16)24-3/h6-9,11-12H,4-5,10H2,1-3H3,(H,21,22). The fraction of sp³-hybridized carbons (Fsp3) is 0.316. The average Bonchev–Trinajstić information content (AvgIpc) is 2.62. The Balaban J connectivity index is 2.27. The van der Waals surface area contributed by atoms with E-state index in [1.54, 1.807) is 43.5 Å². The third kappa shape index (κ3) is 5.03. The summed E-state index contributed by atoms with van der Waals surface area (Å²) in [7, 11) is 3.10. The van der Waals surface area contributed by atoms with Crippen molar-refractivity contribution < 1.29 is 19.0 Å². The Kier molecular flexibility index (Phi) is 6.95. The molecule has 0 aliphatic heterocycles. The molecule has 2 aromatic rings. The highest BCUT2D eigenvalue weighted by molar-refractivity contribution is 6.31. The predicted molar refractivity (Wildman–Crippen MR) is 99.4 cm³/mol. The summed E-state index contributed by atoms with van der Waals surface area (Å²) in [5, 5.41) is 3.29. The number of carbonyl (C=O) groups excluding carboxylic acids is 1. The SMILES string of the molecule is CCCCOc1ccc(Cl)cc1C(=O)Nc1cc(OC)ccc1OC. The third-order valence-electron chi connectivity index (χ3n) is 3.60. The molecule has 0 saturated heterocycles. The number of carbonyl (C=O) groups is 1. The first-order valence-electron chi connectivity index (χ1n) is 8.04. The minimum atomic E-state index is -0.333. The van der Waals surface area contributed by atoms with Gasteiger partial charge in [0.05, 0.1) is 32.1 Å². The minimum Gasteiger partial charge on any atom is -0.497 e. The van der Waals surface area contributed by atoms with E-state index in [-0.39, 0.29) is 5.91 Å². The molecule has 1 N–H and O–H groups in total. The molecule has 0 radical (unpaired) electrons. The molecule has 25 heavy (non-hydrogen) atoms. The van der Waals surface area contributed by atoms with Gasteiger partial charge in [0, 0.05) is 11.1 Å². The fourth-order valence-corrected chi connectivity index (χ4v) is 2.41. The van der Waals surface area contributed by atoms with Crippen molar-refractivity contribution in [3.8, 4) is 17.2 Å². The minimum absolute atomic E-state index is 0.333. The number of amides is 1. The maximum atomic E-state index is 12.7. The molecule has 0 aromatic heterocycles. The maximum Gasteiger partial charge on any atom is 0.259 e. The molecule has 0 saturated carbocycles. The molecular weight excluding hydrogens is 342 g/mol. The van der Waals surface area contributed by atoms with E-state index in [9.17, 15) is 4.79 Å². The van der Waals surface area contributed by atoms with Gasteiger partial charge in [-0.25, -0.2) is 0 Å². The molecule has 2 aromatic carbocycles. The summed E-state index contributed by atoms with van der Waals surface area (Å²) in [6.45, 7) is 2.62. The van der Waals surface area contributed by atoms with Crippen LogP contribution in [0.1, 0.15) is 30.1 Å². The lowest BCUT2D eigenvalue weighted by Gasteiger charge is -2.14. The topological polar surface area (TPSA) is 56.8 Å². The summed E-state index contributed by atoms with van der Waals surface area (Å²) in [5.41, 5.74) is 0.875. The normalized spacial score (nSPS) is 10.2. The van der Waals surface area contributed by atoms with Crippen molar-refractivity contribution >= 4 is 23.2 Å². The van der Waals surface area contributed by atoms with Crippen molar-refractivity contribution in [2.75, 3.05) is 26.1 Å². The first-order valence-corrected chi connectivity index (χ1v) is 8.42. The zero-order valence-electron chi connectivity index (χ0n) is 14.6. The molecule has 0 bridgehead atoms. The summed E-state index contributed by atoms with van der Waals surface area (Å²) in [6.07, 6.45) is 1.92. The molecule has 6 heteroatoms. The van der Waals surface area contributed by atoms with Crippen LogP contribution >= 0.6 is 11.6 Å². The van der Waals surface area contributed by atoms with E-state index in [4.69, 9.17) is 25.8 Å². The molecule has 0 aliphatic carbocycles. The molecule has 0 spiro atoms. The number of halogens is 1. The summed E-state index contributed by atoms with van der Waals surface area (Å²) < 4.78 is 16.2. The van der Waals surface area contributed by atoms with Gasteiger partial charge in [0.1, 0.15) is 17.2 Å². The van der Waals surface area contributed by atoms with Crippen molar-refractivity contribution in [2.24, 2.45) is 0 Å². The van der Waals surface area contributed by atoms with E-state index >= 15 is 0 Å². The second-order valence-electron chi connectivity index (χ2n) is 5.36. The number of ether oxygens (including phenoxy) is 3. The van der Waals surface area contributed by atoms with Crippen LogP contribution in [0.2, 0.25) is 5.02 Å². The summed E-state index contributed by atoms with van der Waals surface area (Å²) in [4.78, 5) is 12.7. The van der Waals surface area contributed by atoms with Gasteiger partial charge in [0.2, 0.25) is 0 Å². The quantitative estimate of drug-likeness (QED) is 0.685. The predicted octanol–water partition coefficient (Wildman–Crippen LogP) is 4.79. The van der Waals surface area contributed by atoms with Gasteiger partial charge in [-0.15, -0.1) is 0 Å².